The second-order valence-electron chi connectivity index (χ2n) is 7.46. The van der Waals surface area contributed by atoms with Gasteiger partial charge in [0.05, 0.1) is 30.0 Å². The molecule has 152 valence electrons. The van der Waals surface area contributed by atoms with Crippen LogP contribution in [-0.2, 0) is 16.4 Å². The summed E-state index contributed by atoms with van der Waals surface area (Å²) in [6, 6.07) is 18.5. The van der Waals surface area contributed by atoms with Crippen LogP contribution in [-0.4, -0.2) is 59.3 Å². The van der Waals surface area contributed by atoms with Gasteiger partial charge in [0.2, 0.25) is 0 Å². The highest BCUT2D eigenvalue weighted by Crippen LogP contribution is 2.27. The number of rotatable bonds is 7. The number of nitrogens with zero attached hydrogens (tertiary/aromatic N) is 2. The van der Waals surface area contributed by atoms with Gasteiger partial charge in [0.15, 0.2) is 9.84 Å². The molecule has 2 aromatic carbocycles. The van der Waals surface area contributed by atoms with E-state index in [4.69, 9.17) is 0 Å². The number of aliphatic hydroxyl groups excluding tert-OH is 1. The molecule has 0 bridgehead atoms. The number of aromatic nitrogens is 2. The Morgan fingerprint density at radius 3 is 2.38 bits per heavy atom. The molecule has 0 aliphatic carbocycles. The third-order valence-electron chi connectivity index (χ3n) is 5.48. The van der Waals surface area contributed by atoms with Gasteiger partial charge in [0.1, 0.15) is 0 Å². The normalized spacial score (nSPS) is 18.3. The molecule has 0 spiro atoms. The summed E-state index contributed by atoms with van der Waals surface area (Å²) in [5, 5.41) is 16.8. The number of nitrogens with one attached hydrogen (secondary N) is 1. The lowest BCUT2D eigenvalue weighted by atomic mass is 10.0. The Hall–Kier alpha value is -2.48. The van der Waals surface area contributed by atoms with E-state index in [1.54, 1.807) is 6.20 Å². The molecule has 1 aromatic heterocycles. The lowest BCUT2D eigenvalue weighted by Gasteiger charge is -2.27. The summed E-state index contributed by atoms with van der Waals surface area (Å²) in [6.45, 7) is 0.986. The van der Waals surface area contributed by atoms with Gasteiger partial charge in [0.25, 0.3) is 0 Å². The number of hydrogen-bond acceptors (Lipinski definition) is 5. The average Bonchev–Trinajstić information content (AvgIpc) is 3.34. The van der Waals surface area contributed by atoms with Crippen molar-refractivity contribution in [1.29, 1.82) is 0 Å². The SMILES string of the molecule is O=S1(=O)CCC(N(CCO)Cc2cn[nH]c2-c2ccc(-c3ccccc3)cc2)C1. The molecule has 1 aliphatic heterocycles. The summed E-state index contributed by atoms with van der Waals surface area (Å²) < 4.78 is 23.8. The second-order valence-corrected chi connectivity index (χ2v) is 9.69. The molecule has 2 heterocycles. The monoisotopic (exact) mass is 411 g/mol. The Kier molecular flexibility index (Phi) is 5.80. The minimum absolute atomic E-state index is 0.00446. The first kappa shape index (κ1) is 19.8. The maximum Gasteiger partial charge on any atom is 0.151 e. The highest BCUT2D eigenvalue weighted by Gasteiger charge is 2.32. The summed E-state index contributed by atoms with van der Waals surface area (Å²) in [7, 11) is -2.98. The summed E-state index contributed by atoms with van der Waals surface area (Å²) in [6.07, 6.45) is 2.40. The number of aromatic amines is 1. The fraction of sp³-hybridized carbons (Fsp3) is 0.318. The van der Waals surface area contributed by atoms with Crippen molar-refractivity contribution in [2.75, 3.05) is 24.7 Å². The molecular weight excluding hydrogens is 386 g/mol. The van der Waals surface area contributed by atoms with E-state index in [2.05, 4.69) is 51.5 Å². The van der Waals surface area contributed by atoms with Crippen LogP contribution >= 0.6 is 0 Å². The lowest BCUT2D eigenvalue weighted by molar-refractivity contribution is 0.154. The predicted molar refractivity (Wildman–Crippen MR) is 114 cm³/mol. The summed E-state index contributed by atoms with van der Waals surface area (Å²) in [5.41, 5.74) is 5.26. The molecule has 7 heteroatoms. The number of hydrogen-bond donors (Lipinski definition) is 2. The van der Waals surface area contributed by atoms with Gasteiger partial charge in [-0.1, -0.05) is 54.6 Å². The minimum Gasteiger partial charge on any atom is -0.395 e. The molecule has 6 nitrogen and oxygen atoms in total. The van der Waals surface area contributed by atoms with Gasteiger partial charge in [0, 0.05) is 24.7 Å². The van der Waals surface area contributed by atoms with E-state index in [9.17, 15) is 13.5 Å². The zero-order valence-corrected chi connectivity index (χ0v) is 17.0. The first-order valence-electron chi connectivity index (χ1n) is 9.79. The molecule has 1 unspecified atom stereocenters. The van der Waals surface area contributed by atoms with Crippen LogP contribution in [0.4, 0.5) is 0 Å². The van der Waals surface area contributed by atoms with Gasteiger partial charge in [-0.05, 0) is 23.1 Å². The van der Waals surface area contributed by atoms with Gasteiger partial charge in [-0.25, -0.2) is 8.42 Å². The molecule has 2 N–H and O–H groups in total. The summed E-state index contributed by atoms with van der Waals surface area (Å²) in [4.78, 5) is 2.05. The summed E-state index contributed by atoms with van der Waals surface area (Å²) in [5.74, 6) is 0.380. The molecule has 1 aliphatic rings. The smallest absolute Gasteiger partial charge is 0.151 e. The zero-order valence-electron chi connectivity index (χ0n) is 16.2. The number of H-pyrrole nitrogens is 1. The van der Waals surface area contributed by atoms with E-state index in [1.165, 1.54) is 5.56 Å². The van der Waals surface area contributed by atoms with Crippen molar-refractivity contribution in [2.45, 2.75) is 19.0 Å². The quantitative estimate of drug-likeness (QED) is 0.624. The zero-order chi connectivity index (χ0) is 20.3. The highest BCUT2D eigenvalue weighted by atomic mass is 32.2. The first-order chi connectivity index (χ1) is 14.1. The van der Waals surface area contributed by atoms with E-state index in [1.807, 2.05) is 18.2 Å². The van der Waals surface area contributed by atoms with Gasteiger partial charge in [-0.2, -0.15) is 5.10 Å². The van der Waals surface area contributed by atoms with Crippen LogP contribution in [0.25, 0.3) is 22.4 Å². The van der Waals surface area contributed by atoms with Crippen LogP contribution in [0, 0.1) is 0 Å². The standard InChI is InChI=1S/C22H25N3O3S/c26-12-11-25(21-10-13-29(27,28)16-21)15-20-14-23-24-22(20)19-8-6-18(7-9-19)17-4-2-1-3-5-17/h1-9,14,21,26H,10-13,15-16H2,(H,23,24). The van der Waals surface area contributed by atoms with Crippen LogP contribution in [0.2, 0.25) is 0 Å². The Morgan fingerprint density at radius 1 is 1.03 bits per heavy atom. The van der Waals surface area contributed by atoms with Crippen molar-refractivity contribution in [3.05, 3.63) is 66.4 Å². The average molecular weight is 412 g/mol. The third kappa shape index (κ3) is 4.58. The molecule has 29 heavy (non-hydrogen) atoms. The van der Waals surface area contributed by atoms with Crippen molar-refractivity contribution in [3.8, 4) is 22.4 Å². The fourth-order valence-corrected chi connectivity index (χ4v) is 5.70. The van der Waals surface area contributed by atoms with Gasteiger partial charge in [-0.3, -0.25) is 10.00 Å². The van der Waals surface area contributed by atoms with Crippen molar-refractivity contribution in [2.24, 2.45) is 0 Å². The van der Waals surface area contributed by atoms with E-state index in [0.29, 0.717) is 19.5 Å². The van der Waals surface area contributed by atoms with Gasteiger partial charge in [-0.15, -0.1) is 0 Å². The van der Waals surface area contributed by atoms with Crippen LogP contribution in [0.15, 0.2) is 60.8 Å². The van der Waals surface area contributed by atoms with Gasteiger partial charge < -0.3 is 5.11 Å². The topological polar surface area (TPSA) is 86.3 Å². The van der Waals surface area contributed by atoms with E-state index in [0.717, 1.165) is 22.4 Å². The Balaban J connectivity index is 1.54. The highest BCUT2D eigenvalue weighted by molar-refractivity contribution is 7.91. The maximum absolute atomic E-state index is 11.9. The molecule has 0 amide bonds. The Morgan fingerprint density at radius 2 is 1.72 bits per heavy atom. The largest absolute Gasteiger partial charge is 0.395 e. The van der Waals surface area contributed by atoms with E-state index in [-0.39, 0.29) is 24.2 Å². The second kappa shape index (κ2) is 8.49. The number of sulfone groups is 1. The Bertz CT molecular complexity index is 1050. The van der Waals surface area contributed by atoms with Crippen LogP contribution in [0.1, 0.15) is 12.0 Å². The molecule has 1 atom stereocenters. The van der Waals surface area contributed by atoms with Crippen molar-refractivity contribution < 1.29 is 13.5 Å². The molecule has 0 radical (unpaired) electrons. The molecule has 1 fully saturated rings. The lowest BCUT2D eigenvalue weighted by Crippen LogP contribution is -2.37. The maximum atomic E-state index is 11.9. The third-order valence-corrected chi connectivity index (χ3v) is 7.23. The number of benzene rings is 2. The number of aliphatic hydroxyl groups is 1. The Labute approximate surface area is 171 Å². The van der Waals surface area contributed by atoms with Crippen LogP contribution in [0.5, 0.6) is 0 Å². The molecule has 3 aromatic rings. The van der Waals surface area contributed by atoms with Crippen molar-refractivity contribution in [3.63, 3.8) is 0 Å². The van der Waals surface area contributed by atoms with Crippen LogP contribution in [0.3, 0.4) is 0 Å². The molecular formula is C22H25N3O3S. The van der Waals surface area contributed by atoms with E-state index >= 15 is 0 Å². The summed E-state index contributed by atoms with van der Waals surface area (Å²) >= 11 is 0. The predicted octanol–water partition coefficient (Wildman–Crippen LogP) is 2.73. The van der Waals surface area contributed by atoms with Gasteiger partial charge >= 0.3 is 0 Å². The van der Waals surface area contributed by atoms with Crippen LogP contribution < -0.4 is 0 Å². The van der Waals surface area contributed by atoms with E-state index < -0.39 is 9.84 Å². The molecule has 1 saturated heterocycles. The van der Waals surface area contributed by atoms with Crippen molar-refractivity contribution >= 4 is 9.84 Å². The van der Waals surface area contributed by atoms with Crippen molar-refractivity contribution in [1.82, 2.24) is 15.1 Å². The molecule has 4 rings (SSSR count). The first-order valence-corrected chi connectivity index (χ1v) is 11.6. The molecule has 0 saturated carbocycles. The fourth-order valence-electron chi connectivity index (χ4n) is 3.94. The minimum atomic E-state index is -2.98.